The highest BCUT2D eigenvalue weighted by Gasteiger charge is 2.76. The van der Waals surface area contributed by atoms with Gasteiger partial charge in [0.2, 0.25) is 5.79 Å². The van der Waals surface area contributed by atoms with Crippen molar-refractivity contribution in [2.24, 2.45) is 34.5 Å². The highest BCUT2D eigenvalue weighted by atomic mass is 16.7. The van der Waals surface area contributed by atoms with E-state index in [1.165, 1.54) is 12.0 Å². The minimum Gasteiger partial charge on any atom is -0.430 e. The van der Waals surface area contributed by atoms with Crippen LogP contribution >= 0.6 is 0 Å². The molecule has 1 N–H and O–H groups in total. The largest absolute Gasteiger partial charge is 0.430 e. The van der Waals surface area contributed by atoms with Gasteiger partial charge in [0.25, 0.3) is 0 Å². The van der Waals surface area contributed by atoms with Crippen LogP contribution in [0.5, 0.6) is 0 Å². The Morgan fingerprint density at radius 3 is 2.87 bits per heavy atom. The zero-order valence-corrected chi connectivity index (χ0v) is 19.2. The monoisotopic (exact) mass is 418 g/mol. The molecule has 2 bridgehead atoms. The summed E-state index contributed by atoms with van der Waals surface area (Å²) < 4.78 is 19.4. The van der Waals surface area contributed by atoms with Gasteiger partial charge in [0, 0.05) is 23.9 Å². The molecule has 5 nitrogen and oxygen atoms in total. The molecule has 5 heteroatoms. The van der Waals surface area contributed by atoms with E-state index in [-0.39, 0.29) is 22.9 Å². The van der Waals surface area contributed by atoms with Crippen LogP contribution in [-0.2, 0) is 19.0 Å². The van der Waals surface area contributed by atoms with Gasteiger partial charge in [-0.2, -0.15) is 0 Å². The van der Waals surface area contributed by atoms with E-state index in [1.807, 2.05) is 6.92 Å². The van der Waals surface area contributed by atoms with Gasteiger partial charge in [-0.25, -0.2) is 4.79 Å². The van der Waals surface area contributed by atoms with Gasteiger partial charge in [0.05, 0.1) is 12.7 Å². The number of aliphatic hydroxyl groups is 1. The van der Waals surface area contributed by atoms with Crippen LogP contribution in [0.2, 0.25) is 0 Å². The predicted octanol–water partition coefficient (Wildman–Crippen LogP) is 4.23. The molecule has 2 heterocycles. The van der Waals surface area contributed by atoms with E-state index < -0.39 is 17.4 Å². The van der Waals surface area contributed by atoms with Crippen LogP contribution in [0.15, 0.2) is 11.6 Å². The lowest BCUT2D eigenvalue weighted by molar-refractivity contribution is -0.409. The molecule has 0 amide bonds. The summed E-state index contributed by atoms with van der Waals surface area (Å²) in [6.07, 6.45) is 7.72. The van der Waals surface area contributed by atoms with Crippen LogP contribution in [-0.4, -0.2) is 41.8 Å². The van der Waals surface area contributed by atoms with Crippen molar-refractivity contribution >= 4 is 5.97 Å². The zero-order valence-electron chi connectivity index (χ0n) is 19.2. The summed E-state index contributed by atoms with van der Waals surface area (Å²) in [7, 11) is 0. The molecule has 2 aliphatic heterocycles. The van der Waals surface area contributed by atoms with Gasteiger partial charge in [0.1, 0.15) is 0 Å². The van der Waals surface area contributed by atoms with Gasteiger partial charge in [0.15, 0.2) is 5.60 Å². The molecule has 5 rings (SSSR count). The topological polar surface area (TPSA) is 65.0 Å². The molecule has 2 saturated carbocycles. The van der Waals surface area contributed by atoms with E-state index in [2.05, 4.69) is 26.8 Å². The fraction of sp³-hybridized carbons (Fsp3) is 0.880. The number of esters is 1. The second-order valence-electron chi connectivity index (χ2n) is 11.3. The smallest absolute Gasteiger partial charge is 0.340 e. The molecule has 3 aliphatic carbocycles. The molecule has 2 saturated heterocycles. The average molecular weight is 419 g/mol. The van der Waals surface area contributed by atoms with E-state index in [1.54, 1.807) is 6.92 Å². The summed E-state index contributed by atoms with van der Waals surface area (Å²) in [5.41, 5.74) is -0.416. The molecule has 0 aromatic carbocycles. The molecule has 2 unspecified atom stereocenters. The second kappa shape index (κ2) is 6.55. The Morgan fingerprint density at radius 1 is 1.37 bits per heavy atom. The van der Waals surface area contributed by atoms with Crippen molar-refractivity contribution < 1.29 is 24.1 Å². The Balaban J connectivity index is 1.63. The third kappa shape index (κ3) is 2.38. The predicted molar refractivity (Wildman–Crippen MR) is 112 cm³/mol. The maximum absolute atomic E-state index is 13.1. The Bertz CT molecular complexity index is 774. The van der Waals surface area contributed by atoms with Crippen LogP contribution < -0.4 is 0 Å². The summed E-state index contributed by atoms with van der Waals surface area (Å²) in [5.74, 6) is 0.375. The molecule has 9 atom stereocenters. The first-order valence-electron chi connectivity index (χ1n) is 12.0. The lowest BCUT2D eigenvalue weighted by atomic mass is 9.37. The first-order chi connectivity index (χ1) is 14.1. The molecule has 168 valence electrons. The molecular weight excluding hydrogens is 380 g/mol. The third-order valence-corrected chi connectivity index (χ3v) is 10.2. The molecular formula is C25H38O5. The molecule has 5 aliphatic rings. The van der Waals surface area contributed by atoms with Gasteiger partial charge in [-0.3, -0.25) is 0 Å². The van der Waals surface area contributed by atoms with Crippen molar-refractivity contribution in [2.75, 3.05) is 13.2 Å². The Morgan fingerprint density at radius 2 is 2.13 bits per heavy atom. The Kier molecular flexibility index (Phi) is 4.58. The van der Waals surface area contributed by atoms with Crippen molar-refractivity contribution in [2.45, 2.75) is 90.6 Å². The quantitative estimate of drug-likeness (QED) is 0.549. The number of rotatable bonds is 3. The molecule has 30 heavy (non-hydrogen) atoms. The van der Waals surface area contributed by atoms with Crippen molar-refractivity contribution in [3.8, 4) is 0 Å². The van der Waals surface area contributed by atoms with Crippen LogP contribution in [0.1, 0.15) is 73.1 Å². The van der Waals surface area contributed by atoms with Gasteiger partial charge in [-0.15, -0.1) is 0 Å². The average Bonchev–Trinajstić information content (AvgIpc) is 2.72. The van der Waals surface area contributed by atoms with Crippen molar-refractivity contribution in [1.29, 1.82) is 0 Å². The molecule has 0 radical (unpaired) electrons. The number of carbonyl (C=O) groups is 1. The van der Waals surface area contributed by atoms with E-state index >= 15 is 0 Å². The summed E-state index contributed by atoms with van der Waals surface area (Å²) in [6.45, 7) is 11.7. The Hall–Kier alpha value is -0.910. The maximum atomic E-state index is 13.1. The molecule has 4 fully saturated rings. The minimum atomic E-state index is -1.50. The maximum Gasteiger partial charge on any atom is 0.340 e. The first-order valence-corrected chi connectivity index (χ1v) is 12.0. The van der Waals surface area contributed by atoms with Crippen molar-refractivity contribution in [1.82, 2.24) is 0 Å². The second-order valence-corrected chi connectivity index (χ2v) is 11.3. The van der Waals surface area contributed by atoms with E-state index in [9.17, 15) is 9.90 Å². The minimum absolute atomic E-state index is 0.0158. The number of carbonyl (C=O) groups excluding carboxylic acids is 1. The highest BCUT2D eigenvalue weighted by molar-refractivity contribution is 5.79. The number of ether oxygens (including phenoxy) is 3. The van der Waals surface area contributed by atoms with E-state index in [0.717, 1.165) is 25.9 Å². The van der Waals surface area contributed by atoms with Crippen LogP contribution in [0.3, 0.4) is 0 Å². The third-order valence-electron chi connectivity index (χ3n) is 10.2. The standard InChI is InChI=1S/C25H38O5/c1-6-22(4,27)21(26)30-25-11-9-16(3)18-13-20-24(14-29-25)17(10-12-28-20)15(2)7-8-19(24)23(18,25)5/h9,15,17-20,27H,6-8,10-14H2,1-5H3/t15-,17-,18-,19+,20+,22?,23-,24-,25?/m0/s1. The number of hydrogen-bond acceptors (Lipinski definition) is 5. The number of hydrogen-bond donors (Lipinski definition) is 1. The first kappa shape index (κ1) is 21.0. The summed E-state index contributed by atoms with van der Waals surface area (Å²) in [4.78, 5) is 13.1. The van der Waals surface area contributed by atoms with E-state index in [0.29, 0.717) is 37.2 Å². The molecule has 0 aromatic rings. The van der Waals surface area contributed by atoms with Crippen LogP contribution in [0.25, 0.3) is 0 Å². The Labute approximate surface area is 180 Å². The molecule has 1 spiro atoms. The van der Waals surface area contributed by atoms with E-state index in [4.69, 9.17) is 14.2 Å². The summed E-state index contributed by atoms with van der Waals surface area (Å²) >= 11 is 0. The fourth-order valence-corrected chi connectivity index (χ4v) is 8.23. The van der Waals surface area contributed by atoms with Gasteiger partial charge >= 0.3 is 5.97 Å². The van der Waals surface area contributed by atoms with Gasteiger partial charge in [-0.05, 0) is 63.2 Å². The van der Waals surface area contributed by atoms with Crippen LogP contribution in [0.4, 0.5) is 0 Å². The van der Waals surface area contributed by atoms with Gasteiger partial charge in [-0.1, -0.05) is 38.8 Å². The SMILES string of the molecule is CCC(C)(O)C(=O)OC12CC=C(C)[C@@H]3C[C@H]4OCC[C@H]5[C@@H](C)CC[C@@H]([C@@]45CO1)[C@]32C. The lowest BCUT2D eigenvalue weighted by Crippen LogP contribution is -2.77. The normalized spacial score (nSPS) is 51.3. The zero-order chi connectivity index (χ0) is 21.5. The summed E-state index contributed by atoms with van der Waals surface area (Å²) in [5, 5.41) is 10.6. The fourth-order valence-electron chi connectivity index (χ4n) is 8.23. The molecule has 0 aromatic heterocycles. The highest BCUT2D eigenvalue weighted by Crippen LogP contribution is 2.73. The van der Waals surface area contributed by atoms with Gasteiger partial charge < -0.3 is 19.3 Å². The van der Waals surface area contributed by atoms with Crippen molar-refractivity contribution in [3.05, 3.63) is 11.6 Å². The summed E-state index contributed by atoms with van der Waals surface area (Å²) in [6, 6.07) is 0. The lowest BCUT2D eigenvalue weighted by Gasteiger charge is -2.74. The van der Waals surface area contributed by atoms with Crippen LogP contribution in [0, 0.1) is 34.5 Å². The number of allylic oxidation sites excluding steroid dienone is 1. The van der Waals surface area contributed by atoms with Crippen molar-refractivity contribution in [3.63, 3.8) is 0 Å².